The third kappa shape index (κ3) is 4.07. The van der Waals surface area contributed by atoms with Crippen molar-refractivity contribution < 1.29 is 23.9 Å². The lowest BCUT2D eigenvalue weighted by Gasteiger charge is -2.37. The summed E-state index contributed by atoms with van der Waals surface area (Å²) in [5, 5.41) is 10.2. The topological polar surface area (TPSA) is 126 Å². The van der Waals surface area contributed by atoms with Gasteiger partial charge in [0.1, 0.15) is 11.5 Å². The molecule has 2 aliphatic heterocycles. The summed E-state index contributed by atoms with van der Waals surface area (Å²) in [5.74, 6) is -2.72. The van der Waals surface area contributed by atoms with Gasteiger partial charge in [0.25, 0.3) is 0 Å². The van der Waals surface area contributed by atoms with Crippen LogP contribution < -0.4 is 15.5 Å². The highest BCUT2D eigenvalue weighted by Crippen LogP contribution is 2.46. The van der Waals surface area contributed by atoms with E-state index in [1.165, 1.54) is 19.1 Å². The molecule has 1 atom stereocenters. The second kappa shape index (κ2) is 9.96. The van der Waals surface area contributed by atoms with Crippen LogP contribution in [0.4, 0.5) is 11.4 Å². The number of methoxy groups -OCH3 is 2. The van der Waals surface area contributed by atoms with Gasteiger partial charge in [-0.1, -0.05) is 36.4 Å². The number of anilines is 2. The van der Waals surface area contributed by atoms with E-state index < -0.39 is 17.9 Å². The Labute approximate surface area is 209 Å². The molecule has 2 aliphatic rings. The summed E-state index contributed by atoms with van der Waals surface area (Å²) in [6.07, 6.45) is 1.08. The van der Waals surface area contributed by atoms with E-state index in [4.69, 9.17) is 15.2 Å². The van der Waals surface area contributed by atoms with Gasteiger partial charge in [-0.25, -0.2) is 9.59 Å². The largest absolute Gasteiger partial charge is 0.466 e. The molecule has 2 heterocycles. The monoisotopic (exact) mass is 486 g/mol. The molecule has 0 spiro atoms. The normalized spacial score (nSPS) is 17.8. The molecule has 1 saturated heterocycles. The summed E-state index contributed by atoms with van der Waals surface area (Å²) in [6, 6.07) is 16.3. The van der Waals surface area contributed by atoms with E-state index in [-0.39, 0.29) is 28.6 Å². The molecular weight excluding hydrogens is 460 g/mol. The van der Waals surface area contributed by atoms with Crippen molar-refractivity contribution in [2.24, 2.45) is 5.73 Å². The first kappa shape index (κ1) is 24.5. The molecule has 1 unspecified atom stereocenters. The fourth-order valence-electron chi connectivity index (χ4n) is 4.71. The first-order chi connectivity index (χ1) is 17.3. The standard InChI is InChI=1S/C27H26N4O5/c1-16-11-12-19(30-13-7-10-21(30)32)20(14-16)31-24(27(34)36-3)23(26(33)35-2)22(18(15-28)25(31)29)17-8-5-4-6-9-17/h4-6,8-9,11-12,14,22H,7,10,13,29H2,1-3H3. The molecule has 0 saturated carbocycles. The van der Waals surface area contributed by atoms with E-state index >= 15 is 0 Å². The zero-order chi connectivity index (χ0) is 26.0. The second-order valence-corrected chi connectivity index (χ2v) is 8.48. The number of allylic oxidation sites excluding steroid dienone is 1. The van der Waals surface area contributed by atoms with Crippen LogP contribution in [-0.4, -0.2) is 38.6 Å². The molecule has 2 N–H and O–H groups in total. The van der Waals surface area contributed by atoms with Crippen LogP contribution in [0.1, 0.15) is 29.9 Å². The van der Waals surface area contributed by atoms with Crippen LogP contribution in [0.25, 0.3) is 0 Å². The van der Waals surface area contributed by atoms with E-state index in [1.54, 1.807) is 47.4 Å². The van der Waals surface area contributed by atoms with Crippen LogP contribution in [0.2, 0.25) is 0 Å². The van der Waals surface area contributed by atoms with Gasteiger partial charge in [0.2, 0.25) is 5.91 Å². The summed E-state index contributed by atoms with van der Waals surface area (Å²) >= 11 is 0. The zero-order valence-electron chi connectivity index (χ0n) is 20.3. The third-order valence-corrected chi connectivity index (χ3v) is 6.35. The summed E-state index contributed by atoms with van der Waals surface area (Å²) < 4.78 is 10.2. The molecule has 2 aromatic carbocycles. The first-order valence-electron chi connectivity index (χ1n) is 11.4. The van der Waals surface area contributed by atoms with Gasteiger partial charge in [-0.15, -0.1) is 0 Å². The van der Waals surface area contributed by atoms with Gasteiger partial charge in [-0.05, 0) is 36.6 Å². The van der Waals surface area contributed by atoms with Gasteiger partial charge in [-0.3, -0.25) is 9.69 Å². The van der Waals surface area contributed by atoms with Crippen molar-refractivity contribution in [2.45, 2.75) is 25.7 Å². The van der Waals surface area contributed by atoms with E-state index in [1.807, 2.05) is 13.0 Å². The fraction of sp³-hybridized carbons (Fsp3) is 0.259. The summed E-state index contributed by atoms with van der Waals surface area (Å²) in [7, 11) is 2.39. The fourth-order valence-corrected chi connectivity index (χ4v) is 4.71. The molecule has 0 aliphatic carbocycles. The highest BCUT2D eigenvalue weighted by atomic mass is 16.5. The lowest BCUT2D eigenvalue weighted by atomic mass is 9.81. The lowest BCUT2D eigenvalue weighted by molar-refractivity contribution is -0.139. The van der Waals surface area contributed by atoms with Crippen LogP contribution in [0, 0.1) is 18.3 Å². The molecule has 9 nitrogen and oxygen atoms in total. The molecular formula is C27H26N4O5. The smallest absolute Gasteiger partial charge is 0.355 e. The highest BCUT2D eigenvalue weighted by Gasteiger charge is 2.44. The van der Waals surface area contributed by atoms with Crippen molar-refractivity contribution in [3.63, 3.8) is 0 Å². The molecule has 1 fully saturated rings. The van der Waals surface area contributed by atoms with Crippen molar-refractivity contribution in [2.75, 3.05) is 30.6 Å². The van der Waals surface area contributed by atoms with Crippen LogP contribution in [0.5, 0.6) is 0 Å². The number of nitriles is 1. The van der Waals surface area contributed by atoms with Crippen LogP contribution >= 0.6 is 0 Å². The Morgan fingerprint density at radius 1 is 1.06 bits per heavy atom. The number of amides is 1. The predicted octanol–water partition coefficient (Wildman–Crippen LogP) is 3.02. The summed E-state index contributed by atoms with van der Waals surface area (Å²) in [5.41, 5.74) is 8.71. The summed E-state index contributed by atoms with van der Waals surface area (Å²) in [4.78, 5) is 42.2. The number of ether oxygens (including phenoxy) is 2. The van der Waals surface area contributed by atoms with Gasteiger partial charge in [0.05, 0.1) is 48.7 Å². The molecule has 0 bridgehead atoms. The lowest BCUT2D eigenvalue weighted by Crippen LogP contribution is -2.41. The molecule has 9 heteroatoms. The van der Waals surface area contributed by atoms with Crippen molar-refractivity contribution in [3.8, 4) is 6.07 Å². The molecule has 0 aromatic heterocycles. The van der Waals surface area contributed by atoms with Crippen molar-refractivity contribution >= 4 is 29.2 Å². The Bertz CT molecular complexity index is 1340. The number of rotatable bonds is 5. The SMILES string of the molecule is COC(=O)C1=C(C(=O)OC)N(c2cc(C)ccc2N2CCCC2=O)C(N)=C(C#N)C1c1ccccc1. The third-order valence-electron chi connectivity index (χ3n) is 6.35. The van der Waals surface area contributed by atoms with Gasteiger partial charge in [0, 0.05) is 13.0 Å². The maximum atomic E-state index is 13.3. The Balaban J connectivity index is 2.09. The molecule has 36 heavy (non-hydrogen) atoms. The van der Waals surface area contributed by atoms with Crippen LogP contribution in [0.3, 0.4) is 0 Å². The summed E-state index contributed by atoms with van der Waals surface area (Å²) in [6.45, 7) is 2.34. The molecule has 184 valence electrons. The van der Waals surface area contributed by atoms with Gasteiger partial charge >= 0.3 is 11.9 Å². The number of benzene rings is 2. The van der Waals surface area contributed by atoms with E-state index in [9.17, 15) is 19.6 Å². The number of carbonyl (C=O) groups excluding carboxylic acids is 3. The Hall–Kier alpha value is -4.58. The predicted molar refractivity (Wildman–Crippen MR) is 132 cm³/mol. The number of hydrogen-bond donors (Lipinski definition) is 1. The zero-order valence-corrected chi connectivity index (χ0v) is 20.3. The highest BCUT2D eigenvalue weighted by molar-refractivity contribution is 6.08. The van der Waals surface area contributed by atoms with Crippen molar-refractivity contribution in [3.05, 3.63) is 82.3 Å². The molecule has 1 amide bonds. The molecule has 4 rings (SSSR count). The second-order valence-electron chi connectivity index (χ2n) is 8.48. The minimum atomic E-state index is -0.962. The Morgan fingerprint density at radius 2 is 1.75 bits per heavy atom. The average Bonchev–Trinajstić information content (AvgIpc) is 3.32. The number of nitrogens with zero attached hydrogens (tertiary/aromatic N) is 3. The minimum absolute atomic E-state index is 0.0436. The Morgan fingerprint density at radius 3 is 2.33 bits per heavy atom. The minimum Gasteiger partial charge on any atom is -0.466 e. The Kier molecular flexibility index (Phi) is 6.79. The molecule has 2 aromatic rings. The van der Waals surface area contributed by atoms with Crippen LogP contribution in [0.15, 0.2) is 71.2 Å². The maximum absolute atomic E-state index is 13.3. The maximum Gasteiger partial charge on any atom is 0.355 e. The quantitative estimate of drug-likeness (QED) is 0.639. The molecule has 0 radical (unpaired) electrons. The van der Waals surface area contributed by atoms with Gasteiger partial charge in [-0.2, -0.15) is 5.26 Å². The van der Waals surface area contributed by atoms with Crippen LogP contribution in [-0.2, 0) is 23.9 Å². The number of hydrogen-bond acceptors (Lipinski definition) is 8. The first-order valence-corrected chi connectivity index (χ1v) is 11.4. The van der Waals surface area contributed by atoms with Gasteiger partial charge < -0.3 is 20.1 Å². The number of nitrogens with two attached hydrogens (primary N) is 1. The number of carbonyl (C=O) groups is 3. The number of aryl methyl sites for hydroxylation is 1. The number of esters is 2. The van der Waals surface area contributed by atoms with Crippen molar-refractivity contribution in [1.82, 2.24) is 0 Å². The van der Waals surface area contributed by atoms with E-state index in [2.05, 4.69) is 6.07 Å². The van der Waals surface area contributed by atoms with E-state index in [0.29, 0.717) is 36.3 Å². The van der Waals surface area contributed by atoms with E-state index in [0.717, 1.165) is 5.56 Å². The average molecular weight is 487 g/mol. The van der Waals surface area contributed by atoms with Gasteiger partial charge in [0.15, 0.2) is 0 Å². The van der Waals surface area contributed by atoms with Crippen molar-refractivity contribution in [1.29, 1.82) is 5.26 Å².